The maximum atomic E-state index is 5.53. The molecule has 1 heterocycles. The Morgan fingerprint density at radius 3 is 1.82 bits per heavy atom. The summed E-state index contributed by atoms with van der Waals surface area (Å²) in [4.78, 5) is 0. The molecule has 90 valence electrons. The van der Waals surface area contributed by atoms with Gasteiger partial charge >= 0.3 is 0 Å². The van der Waals surface area contributed by atoms with Crippen LogP contribution in [0.25, 0.3) is 0 Å². The summed E-state index contributed by atoms with van der Waals surface area (Å²) >= 11 is 5.53. The minimum atomic E-state index is 0.612. The van der Waals surface area contributed by atoms with E-state index < -0.39 is 0 Å². The first-order chi connectivity index (χ1) is 8.24. The molecule has 2 aromatic rings. The standard InChI is InChI=1S/C7H7Cl.C7H11N2/c8-6-7-4-2-1-3-5-7;1-8(2)9-6-4-3-5-7-9/h1-5H,6H2;3-7H,1-2H3/q;+1. The lowest BCUT2D eigenvalue weighted by Crippen LogP contribution is -2.51. The first-order valence-corrected chi connectivity index (χ1v) is 6.01. The van der Waals surface area contributed by atoms with Crippen LogP contribution in [0.2, 0.25) is 0 Å². The SMILES string of the molecule is CN(C)[n+]1ccccc1.ClCc1ccccc1. The van der Waals surface area contributed by atoms with Crippen molar-refractivity contribution in [2.75, 3.05) is 19.1 Å². The highest BCUT2D eigenvalue weighted by molar-refractivity contribution is 6.17. The number of rotatable bonds is 2. The van der Waals surface area contributed by atoms with Crippen molar-refractivity contribution < 1.29 is 4.68 Å². The monoisotopic (exact) mass is 249 g/mol. The molecule has 3 heteroatoms. The summed E-state index contributed by atoms with van der Waals surface area (Å²) in [7, 11) is 4.00. The zero-order valence-electron chi connectivity index (χ0n) is 10.3. The molecule has 2 rings (SSSR count). The van der Waals surface area contributed by atoms with E-state index in [2.05, 4.69) is 0 Å². The number of halogens is 1. The van der Waals surface area contributed by atoms with Gasteiger partial charge < -0.3 is 0 Å². The third-order valence-electron chi connectivity index (χ3n) is 2.16. The lowest BCUT2D eigenvalue weighted by atomic mass is 10.2. The normalized spacial score (nSPS) is 9.12. The van der Waals surface area contributed by atoms with Gasteiger partial charge in [-0.05, 0) is 5.56 Å². The van der Waals surface area contributed by atoms with Crippen molar-refractivity contribution in [2.45, 2.75) is 5.88 Å². The highest BCUT2D eigenvalue weighted by Gasteiger charge is 1.95. The Kier molecular flexibility index (Phi) is 6.12. The Labute approximate surface area is 108 Å². The number of hydrogen-bond donors (Lipinski definition) is 0. The maximum absolute atomic E-state index is 5.53. The van der Waals surface area contributed by atoms with Crippen LogP contribution in [0.15, 0.2) is 60.9 Å². The minimum absolute atomic E-state index is 0.612. The van der Waals surface area contributed by atoms with Gasteiger partial charge in [-0.25, -0.2) is 0 Å². The fourth-order valence-corrected chi connectivity index (χ4v) is 1.40. The van der Waals surface area contributed by atoms with Crippen molar-refractivity contribution in [3.63, 3.8) is 0 Å². The summed E-state index contributed by atoms with van der Waals surface area (Å²) in [6, 6.07) is 16.0. The number of hydrogen-bond acceptors (Lipinski definition) is 1. The summed E-state index contributed by atoms with van der Waals surface area (Å²) in [6.07, 6.45) is 4.00. The Morgan fingerprint density at radius 1 is 0.941 bits per heavy atom. The molecular formula is C14H18ClN2+. The summed E-state index contributed by atoms with van der Waals surface area (Å²) in [5.41, 5.74) is 1.18. The fraction of sp³-hybridized carbons (Fsp3) is 0.214. The van der Waals surface area contributed by atoms with Crippen LogP contribution in [0.3, 0.4) is 0 Å². The van der Waals surface area contributed by atoms with Gasteiger partial charge in [-0.15, -0.1) is 11.6 Å². The topological polar surface area (TPSA) is 7.12 Å². The average Bonchev–Trinajstić information content (AvgIpc) is 2.41. The zero-order valence-corrected chi connectivity index (χ0v) is 11.0. The second-order valence-corrected chi connectivity index (χ2v) is 3.99. The molecule has 0 radical (unpaired) electrons. The predicted molar refractivity (Wildman–Crippen MR) is 72.7 cm³/mol. The molecular weight excluding hydrogens is 232 g/mol. The molecule has 1 aromatic heterocycles. The first-order valence-electron chi connectivity index (χ1n) is 5.48. The molecule has 0 aliphatic heterocycles. The van der Waals surface area contributed by atoms with E-state index in [1.54, 1.807) is 0 Å². The molecule has 0 N–H and O–H groups in total. The van der Waals surface area contributed by atoms with Gasteiger partial charge in [0.05, 0.1) is 14.1 Å². The summed E-state index contributed by atoms with van der Waals surface area (Å²) in [5.74, 6) is 0.612. The molecule has 0 fully saturated rings. The van der Waals surface area contributed by atoms with Gasteiger partial charge in [0.25, 0.3) is 0 Å². The van der Waals surface area contributed by atoms with Crippen molar-refractivity contribution in [1.82, 2.24) is 0 Å². The van der Waals surface area contributed by atoms with Gasteiger partial charge in [0.2, 0.25) is 0 Å². The molecule has 0 unspecified atom stereocenters. The van der Waals surface area contributed by atoms with E-state index in [9.17, 15) is 0 Å². The van der Waals surface area contributed by atoms with Crippen LogP contribution in [-0.4, -0.2) is 14.1 Å². The fourth-order valence-electron chi connectivity index (χ4n) is 1.22. The van der Waals surface area contributed by atoms with Gasteiger partial charge in [-0.1, -0.05) is 41.1 Å². The highest BCUT2D eigenvalue weighted by Crippen LogP contribution is 2.00. The van der Waals surface area contributed by atoms with Gasteiger partial charge in [-0.2, -0.15) is 5.01 Å². The van der Waals surface area contributed by atoms with Crippen LogP contribution in [0.5, 0.6) is 0 Å². The summed E-state index contributed by atoms with van der Waals surface area (Å²) in [5, 5.41) is 2.00. The molecule has 0 saturated carbocycles. The average molecular weight is 250 g/mol. The third-order valence-corrected chi connectivity index (χ3v) is 2.47. The lowest BCUT2D eigenvalue weighted by Gasteiger charge is -2.02. The number of benzene rings is 1. The van der Waals surface area contributed by atoms with E-state index in [-0.39, 0.29) is 0 Å². The number of alkyl halides is 1. The van der Waals surface area contributed by atoms with E-state index in [0.717, 1.165) is 0 Å². The molecule has 2 nitrogen and oxygen atoms in total. The first kappa shape index (κ1) is 13.5. The van der Waals surface area contributed by atoms with Crippen LogP contribution in [0.4, 0.5) is 0 Å². The molecule has 1 aromatic carbocycles. The van der Waals surface area contributed by atoms with Crippen LogP contribution in [-0.2, 0) is 5.88 Å². The third kappa shape index (κ3) is 5.36. The van der Waals surface area contributed by atoms with Gasteiger partial charge in [-0.3, -0.25) is 0 Å². The van der Waals surface area contributed by atoms with Crippen molar-refractivity contribution >= 4 is 11.6 Å². The number of nitrogens with zero attached hydrogens (tertiary/aromatic N) is 2. The van der Waals surface area contributed by atoms with E-state index in [1.807, 2.05) is 84.7 Å². The zero-order chi connectivity index (χ0) is 12.5. The van der Waals surface area contributed by atoms with Crippen LogP contribution < -0.4 is 9.69 Å². The van der Waals surface area contributed by atoms with E-state index in [1.165, 1.54) is 5.56 Å². The Bertz CT molecular complexity index is 401. The molecule has 0 saturated heterocycles. The quantitative estimate of drug-likeness (QED) is 0.586. The van der Waals surface area contributed by atoms with Crippen molar-refractivity contribution in [1.29, 1.82) is 0 Å². The molecule has 0 aliphatic carbocycles. The van der Waals surface area contributed by atoms with Crippen molar-refractivity contribution in [3.05, 3.63) is 66.5 Å². The second-order valence-electron chi connectivity index (χ2n) is 3.72. The molecule has 0 aliphatic rings. The van der Waals surface area contributed by atoms with E-state index in [4.69, 9.17) is 11.6 Å². The van der Waals surface area contributed by atoms with E-state index in [0.29, 0.717) is 5.88 Å². The molecule has 17 heavy (non-hydrogen) atoms. The van der Waals surface area contributed by atoms with Crippen LogP contribution >= 0.6 is 11.6 Å². The van der Waals surface area contributed by atoms with E-state index >= 15 is 0 Å². The highest BCUT2D eigenvalue weighted by atomic mass is 35.5. The number of aromatic nitrogens is 1. The predicted octanol–water partition coefficient (Wildman–Crippen LogP) is 2.60. The number of pyridine rings is 1. The Hall–Kier alpha value is -1.54. The van der Waals surface area contributed by atoms with Gasteiger partial charge in [0.1, 0.15) is 0 Å². The van der Waals surface area contributed by atoms with Crippen LogP contribution in [0, 0.1) is 0 Å². The molecule has 0 atom stereocenters. The lowest BCUT2D eigenvalue weighted by molar-refractivity contribution is -0.687. The summed E-state index contributed by atoms with van der Waals surface area (Å²) < 4.78 is 2.00. The molecule has 0 bridgehead atoms. The smallest absolute Gasteiger partial charge is 0.187 e. The Balaban J connectivity index is 0.000000171. The van der Waals surface area contributed by atoms with Gasteiger partial charge in [0, 0.05) is 18.0 Å². The van der Waals surface area contributed by atoms with Crippen LogP contribution in [0.1, 0.15) is 5.56 Å². The summed E-state index contributed by atoms with van der Waals surface area (Å²) in [6.45, 7) is 0. The maximum Gasteiger partial charge on any atom is 0.199 e. The molecule has 0 spiro atoms. The van der Waals surface area contributed by atoms with Gasteiger partial charge in [0.15, 0.2) is 12.4 Å². The largest absolute Gasteiger partial charge is 0.199 e. The minimum Gasteiger partial charge on any atom is -0.187 e. The van der Waals surface area contributed by atoms with Crippen molar-refractivity contribution in [2.24, 2.45) is 0 Å². The Morgan fingerprint density at radius 2 is 1.47 bits per heavy atom. The molecule has 0 amide bonds. The second kappa shape index (κ2) is 7.69. The van der Waals surface area contributed by atoms with Crippen molar-refractivity contribution in [3.8, 4) is 0 Å².